The molecule has 1 heterocycles. The first kappa shape index (κ1) is 18.0. The minimum Gasteiger partial charge on any atom is -0.354 e. The number of hydrogen-bond acceptors (Lipinski definition) is 5. The van der Waals surface area contributed by atoms with E-state index < -0.39 is 0 Å². The molecule has 1 aromatic carbocycles. The molecule has 7 heteroatoms. The van der Waals surface area contributed by atoms with Crippen molar-refractivity contribution < 1.29 is 4.79 Å². The molecule has 24 heavy (non-hydrogen) atoms. The van der Waals surface area contributed by atoms with Crippen molar-refractivity contribution in [2.75, 3.05) is 12.3 Å². The van der Waals surface area contributed by atoms with Gasteiger partial charge < -0.3 is 5.32 Å². The second-order valence-corrected chi connectivity index (χ2v) is 6.71. The monoisotopic (exact) mass is 344 g/mol. The zero-order chi connectivity index (χ0) is 17.5. The van der Waals surface area contributed by atoms with E-state index in [4.69, 9.17) is 5.26 Å². The molecule has 0 unspecified atom stereocenters. The normalized spacial score (nSPS) is 10.8. The van der Waals surface area contributed by atoms with Gasteiger partial charge in [-0.1, -0.05) is 37.7 Å². The van der Waals surface area contributed by atoms with E-state index >= 15 is 0 Å². The Labute approximate surface area is 144 Å². The molecule has 0 aliphatic heterocycles. The van der Waals surface area contributed by atoms with Gasteiger partial charge in [0.1, 0.15) is 0 Å². The van der Waals surface area contributed by atoms with Crippen molar-refractivity contribution >= 4 is 28.6 Å². The molecule has 0 saturated heterocycles. The van der Waals surface area contributed by atoms with Crippen LogP contribution < -0.4 is 10.9 Å². The number of nitrogens with one attached hydrogen (secondary N) is 1. The summed E-state index contributed by atoms with van der Waals surface area (Å²) in [4.78, 5) is 29.1. The third kappa shape index (κ3) is 4.59. The second-order valence-electron chi connectivity index (χ2n) is 5.77. The van der Waals surface area contributed by atoms with Gasteiger partial charge in [-0.25, -0.2) is 4.98 Å². The number of nitrogens with zero attached hydrogens (tertiary/aromatic N) is 3. The lowest BCUT2D eigenvalue weighted by molar-refractivity contribution is -0.118. The molecule has 1 amide bonds. The predicted molar refractivity (Wildman–Crippen MR) is 94.8 cm³/mol. The number of rotatable bonds is 7. The third-order valence-electron chi connectivity index (χ3n) is 3.27. The molecular weight excluding hydrogens is 324 g/mol. The van der Waals surface area contributed by atoms with Crippen molar-refractivity contribution in [2.45, 2.75) is 32.0 Å². The summed E-state index contributed by atoms with van der Waals surface area (Å²) in [6.07, 6.45) is 0.280. The van der Waals surface area contributed by atoms with E-state index in [9.17, 15) is 9.59 Å². The summed E-state index contributed by atoms with van der Waals surface area (Å²) in [5.74, 6) is 0.275. The van der Waals surface area contributed by atoms with Gasteiger partial charge >= 0.3 is 0 Å². The van der Waals surface area contributed by atoms with Crippen LogP contribution in [-0.4, -0.2) is 27.8 Å². The Bertz CT molecular complexity index is 823. The number of carbonyl (C=O) groups excluding carboxylic acids is 1. The van der Waals surface area contributed by atoms with Crippen molar-refractivity contribution in [3.63, 3.8) is 0 Å². The Kier molecular flexibility index (Phi) is 6.38. The van der Waals surface area contributed by atoms with Crippen LogP contribution in [-0.2, 0) is 11.3 Å². The molecule has 1 aromatic heterocycles. The molecule has 0 fully saturated rings. The van der Waals surface area contributed by atoms with Gasteiger partial charge in [-0.2, -0.15) is 5.26 Å². The summed E-state index contributed by atoms with van der Waals surface area (Å²) in [5, 5.41) is 12.3. The Morgan fingerprint density at radius 3 is 2.88 bits per heavy atom. The van der Waals surface area contributed by atoms with Crippen LogP contribution in [0.15, 0.2) is 34.2 Å². The van der Waals surface area contributed by atoms with E-state index in [0.29, 0.717) is 29.1 Å². The molecule has 6 nitrogen and oxygen atoms in total. The molecule has 2 aromatic rings. The summed E-state index contributed by atoms with van der Waals surface area (Å²) in [6.45, 7) is 4.95. The minimum absolute atomic E-state index is 0.0818. The van der Waals surface area contributed by atoms with Crippen LogP contribution >= 0.6 is 11.8 Å². The van der Waals surface area contributed by atoms with Gasteiger partial charge in [0.2, 0.25) is 5.91 Å². The van der Waals surface area contributed by atoms with Crippen LogP contribution in [0.4, 0.5) is 0 Å². The smallest absolute Gasteiger partial charge is 0.262 e. The lowest BCUT2D eigenvalue weighted by atomic mass is 10.2. The largest absolute Gasteiger partial charge is 0.354 e. The van der Waals surface area contributed by atoms with Gasteiger partial charge in [-0.15, -0.1) is 0 Å². The van der Waals surface area contributed by atoms with Gasteiger partial charge in [0.05, 0.1) is 29.1 Å². The fourth-order valence-electron chi connectivity index (χ4n) is 2.22. The standard InChI is InChI=1S/C17H20N4O2S/c1-12(2)10-21-16(23)13-6-3-4-7-14(13)20-17(21)24-11-15(22)19-9-5-8-18/h3-4,6-7,12H,5,9-11H2,1-2H3,(H,19,22). The number of carbonyl (C=O) groups is 1. The summed E-state index contributed by atoms with van der Waals surface area (Å²) in [6, 6.07) is 9.20. The lowest BCUT2D eigenvalue weighted by Crippen LogP contribution is -2.28. The number of nitriles is 1. The van der Waals surface area contributed by atoms with Crippen LogP contribution in [0.1, 0.15) is 20.3 Å². The number of amides is 1. The maximum absolute atomic E-state index is 12.7. The van der Waals surface area contributed by atoms with Crippen LogP contribution in [0, 0.1) is 17.2 Å². The summed E-state index contributed by atoms with van der Waals surface area (Å²) in [5.41, 5.74) is 0.552. The molecule has 1 N–H and O–H groups in total. The third-order valence-corrected chi connectivity index (χ3v) is 4.24. The number of aromatic nitrogens is 2. The first-order chi connectivity index (χ1) is 11.5. The number of hydrogen-bond donors (Lipinski definition) is 1. The highest BCUT2D eigenvalue weighted by Crippen LogP contribution is 2.18. The molecule has 0 bridgehead atoms. The highest BCUT2D eigenvalue weighted by Gasteiger charge is 2.14. The van der Waals surface area contributed by atoms with Gasteiger partial charge in [0.25, 0.3) is 5.56 Å². The fourth-order valence-corrected chi connectivity index (χ4v) is 3.06. The molecule has 0 radical (unpaired) electrons. The Balaban J connectivity index is 2.25. The SMILES string of the molecule is CC(C)Cn1c(SCC(=O)NCCC#N)nc2ccccc2c1=O. The number of fused-ring (bicyclic) bond motifs is 1. The fraction of sp³-hybridized carbons (Fsp3) is 0.412. The Morgan fingerprint density at radius 2 is 2.17 bits per heavy atom. The summed E-state index contributed by atoms with van der Waals surface area (Å²) in [7, 11) is 0. The van der Waals surface area contributed by atoms with Crippen molar-refractivity contribution in [3.05, 3.63) is 34.6 Å². The van der Waals surface area contributed by atoms with Crippen molar-refractivity contribution in [3.8, 4) is 6.07 Å². The summed E-state index contributed by atoms with van der Waals surface area (Å²) < 4.78 is 1.64. The van der Waals surface area contributed by atoms with Gasteiger partial charge in [-0.05, 0) is 18.1 Å². The molecule has 0 saturated carbocycles. The number of para-hydroxylation sites is 1. The number of benzene rings is 1. The van der Waals surface area contributed by atoms with Crippen LogP contribution in [0.5, 0.6) is 0 Å². The first-order valence-corrected chi connectivity index (χ1v) is 8.77. The maximum Gasteiger partial charge on any atom is 0.262 e. The second kappa shape index (κ2) is 8.50. The van der Waals surface area contributed by atoms with E-state index in [2.05, 4.69) is 10.3 Å². The Hall–Kier alpha value is -2.33. The topological polar surface area (TPSA) is 87.8 Å². The molecule has 126 valence electrons. The van der Waals surface area contributed by atoms with Gasteiger partial charge in [0, 0.05) is 13.1 Å². The Morgan fingerprint density at radius 1 is 1.42 bits per heavy atom. The van der Waals surface area contributed by atoms with Gasteiger partial charge in [0.15, 0.2) is 5.16 Å². The molecule has 0 aliphatic rings. The minimum atomic E-state index is -0.172. The van der Waals surface area contributed by atoms with E-state index in [0.717, 1.165) is 0 Å². The van der Waals surface area contributed by atoms with Gasteiger partial charge in [-0.3, -0.25) is 14.2 Å². The molecule has 0 spiro atoms. The zero-order valence-corrected chi connectivity index (χ0v) is 14.6. The van der Waals surface area contributed by atoms with Crippen LogP contribution in [0.3, 0.4) is 0 Å². The van der Waals surface area contributed by atoms with E-state index in [1.165, 1.54) is 11.8 Å². The van der Waals surface area contributed by atoms with E-state index in [1.807, 2.05) is 32.0 Å². The predicted octanol–water partition coefficient (Wildman–Crippen LogP) is 2.17. The average Bonchev–Trinajstić information content (AvgIpc) is 2.56. The van der Waals surface area contributed by atoms with Crippen LogP contribution in [0.2, 0.25) is 0 Å². The van der Waals surface area contributed by atoms with E-state index in [-0.39, 0.29) is 29.6 Å². The average molecular weight is 344 g/mol. The highest BCUT2D eigenvalue weighted by atomic mass is 32.2. The highest BCUT2D eigenvalue weighted by molar-refractivity contribution is 7.99. The first-order valence-electron chi connectivity index (χ1n) is 7.79. The van der Waals surface area contributed by atoms with Crippen molar-refractivity contribution in [1.29, 1.82) is 5.26 Å². The molecule has 0 aliphatic carbocycles. The quantitative estimate of drug-likeness (QED) is 0.472. The number of thioether (sulfide) groups is 1. The van der Waals surface area contributed by atoms with Crippen LogP contribution in [0.25, 0.3) is 10.9 Å². The maximum atomic E-state index is 12.7. The summed E-state index contributed by atoms with van der Waals surface area (Å²) >= 11 is 1.24. The molecule has 2 rings (SSSR count). The van der Waals surface area contributed by atoms with E-state index in [1.54, 1.807) is 16.7 Å². The molecular formula is C17H20N4O2S. The lowest BCUT2D eigenvalue weighted by Gasteiger charge is -2.14. The van der Waals surface area contributed by atoms with Crippen molar-refractivity contribution in [1.82, 2.24) is 14.9 Å². The zero-order valence-electron chi connectivity index (χ0n) is 13.8. The van der Waals surface area contributed by atoms with Crippen molar-refractivity contribution in [2.24, 2.45) is 5.92 Å². The molecule has 0 atom stereocenters.